The average molecular weight is 572 g/mol. The molecule has 0 unspecified atom stereocenters. The second-order valence-corrected chi connectivity index (χ2v) is 10.6. The van der Waals surface area contributed by atoms with E-state index in [0.29, 0.717) is 67.7 Å². The van der Waals surface area contributed by atoms with Crippen molar-refractivity contribution in [3.05, 3.63) is 89.4 Å². The maximum atomic E-state index is 12.7. The van der Waals surface area contributed by atoms with Gasteiger partial charge in [0.1, 0.15) is 24.2 Å². The van der Waals surface area contributed by atoms with Gasteiger partial charge in [0, 0.05) is 35.6 Å². The van der Waals surface area contributed by atoms with E-state index >= 15 is 0 Å². The van der Waals surface area contributed by atoms with Crippen LogP contribution in [0.15, 0.2) is 73.1 Å². The van der Waals surface area contributed by atoms with Crippen molar-refractivity contribution < 1.29 is 18.8 Å². The molecule has 0 saturated carbocycles. The van der Waals surface area contributed by atoms with E-state index in [2.05, 4.69) is 26.7 Å². The molecule has 2 N–H and O–H groups in total. The number of nitrogens with zero attached hydrogens (tertiary/aromatic N) is 4. The summed E-state index contributed by atoms with van der Waals surface area (Å²) in [6, 6.07) is 16.6. The lowest BCUT2D eigenvalue weighted by Crippen LogP contribution is -2.34. The van der Waals surface area contributed by atoms with Gasteiger partial charge in [-0.3, -0.25) is 14.8 Å². The zero-order valence-electron chi connectivity index (χ0n) is 23.4. The van der Waals surface area contributed by atoms with Gasteiger partial charge in [0.2, 0.25) is 5.91 Å². The summed E-state index contributed by atoms with van der Waals surface area (Å²) >= 11 is 6.53. The van der Waals surface area contributed by atoms with Crippen molar-refractivity contribution in [1.29, 1.82) is 5.26 Å². The number of ether oxygens (including phenoxy) is 2. The number of rotatable bonds is 11. The maximum absolute atomic E-state index is 12.7. The summed E-state index contributed by atoms with van der Waals surface area (Å²) in [7, 11) is 6.13. The number of hydrogen-bond donors (Lipinski definition) is 2. The lowest BCUT2D eigenvalue weighted by atomic mass is 10.1. The Kier molecular flexibility index (Phi) is 9.40. The Morgan fingerprint density at radius 1 is 1.10 bits per heavy atom. The molecule has 4 aromatic rings. The number of hydrogen-bond acceptors (Lipinski definition) is 7. The number of carbonyl (C=O) groups is 1. The predicted molar refractivity (Wildman–Crippen MR) is 162 cm³/mol. The molecular weight excluding hydrogens is 540 g/mol. The van der Waals surface area contributed by atoms with Crippen molar-refractivity contribution in [2.75, 3.05) is 44.9 Å². The van der Waals surface area contributed by atoms with Crippen LogP contribution >= 0.6 is 11.6 Å². The molecule has 0 aliphatic rings. The number of carbonyl (C=O) groups excluding carboxylic acids is 1. The lowest BCUT2D eigenvalue weighted by molar-refractivity contribution is -0.864. The van der Waals surface area contributed by atoms with Gasteiger partial charge in [-0.05, 0) is 49.4 Å². The van der Waals surface area contributed by atoms with Gasteiger partial charge in [0.05, 0.1) is 67.5 Å². The van der Waals surface area contributed by atoms with E-state index in [1.165, 1.54) is 12.3 Å². The first-order valence-corrected chi connectivity index (χ1v) is 13.4. The van der Waals surface area contributed by atoms with Crippen molar-refractivity contribution in [3.63, 3.8) is 0 Å². The number of aromatic nitrogens is 2. The van der Waals surface area contributed by atoms with Crippen molar-refractivity contribution >= 4 is 45.5 Å². The molecule has 0 aliphatic carbocycles. The molecule has 2 heterocycles. The van der Waals surface area contributed by atoms with Crippen LogP contribution in [0.4, 0.5) is 17.1 Å². The second kappa shape index (κ2) is 13.1. The third kappa shape index (κ3) is 7.94. The van der Waals surface area contributed by atoms with Crippen LogP contribution in [-0.2, 0) is 11.4 Å². The quantitative estimate of drug-likeness (QED) is 0.166. The largest absolute Gasteiger partial charge is 0.492 e. The van der Waals surface area contributed by atoms with E-state index in [1.807, 2.05) is 58.4 Å². The van der Waals surface area contributed by atoms with E-state index < -0.39 is 0 Å². The van der Waals surface area contributed by atoms with Gasteiger partial charge in [-0.15, -0.1) is 0 Å². The Balaban J connectivity index is 1.64. The second-order valence-electron chi connectivity index (χ2n) is 10.2. The molecule has 4 rings (SSSR count). The summed E-state index contributed by atoms with van der Waals surface area (Å²) in [6.45, 7) is 3.24. The number of pyridine rings is 2. The Hall–Kier alpha value is -4.65. The van der Waals surface area contributed by atoms with Crippen LogP contribution in [0.25, 0.3) is 10.9 Å². The third-order valence-corrected chi connectivity index (χ3v) is 6.17. The summed E-state index contributed by atoms with van der Waals surface area (Å²) in [6.07, 6.45) is 6.53. The molecular formula is C31H32ClN6O3+. The van der Waals surface area contributed by atoms with Crippen molar-refractivity contribution in [1.82, 2.24) is 9.97 Å². The molecule has 10 heteroatoms. The number of nitrogens with one attached hydrogen (secondary N) is 2. The number of likely N-dealkylation sites (N-methyl/N-ethyl adjacent to an activating group) is 1. The van der Waals surface area contributed by atoms with Gasteiger partial charge >= 0.3 is 0 Å². The summed E-state index contributed by atoms with van der Waals surface area (Å²) < 4.78 is 12.3. The van der Waals surface area contributed by atoms with Crippen molar-refractivity contribution in [2.24, 2.45) is 0 Å². The molecule has 9 nitrogen and oxygen atoms in total. The van der Waals surface area contributed by atoms with Gasteiger partial charge in [0.25, 0.3) is 0 Å². The first kappa shape index (κ1) is 29.3. The number of fused-ring (bicyclic) bond motifs is 1. The minimum Gasteiger partial charge on any atom is -0.492 e. The van der Waals surface area contributed by atoms with Gasteiger partial charge in [-0.1, -0.05) is 17.7 Å². The summed E-state index contributed by atoms with van der Waals surface area (Å²) in [5.41, 5.74) is 3.34. The van der Waals surface area contributed by atoms with Crippen molar-refractivity contribution in [2.45, 2.75) is 13.5 Å². The highest BCUT2D eigenvalue weighted by molar-refractivity contribution is 6.32. The van der Waals surface area contributed by atoms with Crippen LogP contribution in [0.2, 0.25) is 5.02 Å². The molecule has 0 radical (unpaired) electrons. The van der Waals surface area contributed by atoms with E-state index in [-0.39, 0.29) is 12.5 Å². The maximum Gasteiger partial charge on any atom is 0.248 e. The predicted octanol–water partition coefficient (Wildman–Crippen LogP) is 6.08. The SMILES string of the molecule is CCOc1cc2ncc(C#N)c(Nc3ccc(OCc4ccccn4)c(Cl)c3)c2cc1NC(=O)/C=C/C[N+](C)(C)C. The first-order chi connectivity index (χ1) is 19.7. The van der Waals surface area contributed by atoms with Gasteiger partial charge in [-0.2, -0.15) is 5.26 Å². The molecule has 2 aromatic carbocycles. The molecule has 0 atom stereocenters. The molecule has 0 spiro atoms. The minimum absolute atomic E-state index is 0.280. The van der Waals surface area contributed by atoms with Crippen LogP contribution in [0, 0.1) is 11.3 Å². The monoisotopic (exact) mass is 571 g/mol. The summed E-state index contributed by atoms with van der Waals surface area (Å²) in [5.74, 6) is 0.701. The molecule has 0 fully saturated rings. The Labute approximate surface area is 244 Å². The van der Waals surface area contributed by atoms with Crippen LogP contribution in [0.1, 0.15) is 18.2 Å². The number of amides is 1. The topological polar surface area (TPSA) is 109 Å². The van der Waals surface area contributed by atoms with E-state index in [9.17, 15) is 10.1 Å². The molecule has 0 bridgehead atoms. The van der Waals surface area contributed by atoms with Crippen LogP contribution in [0.5, 0.6) is 11.5 Å². The number of benzene rings is 2. The highest BCUT2D eigenvalue weighted by atomic mass is 35.5. The smallest absolute Gasteiger partial charge is 0.248 e. The van der Waals surface area contributed by atoms with Crippen LogP contribution in [0.3, 0.4) is 0 Å². The van der Waals surface area contributed by atoms with Gasteiger partial charge in [-0.25, -0.2) is 0 Å². The summed E-state index contributed by atoms with van der Waals surface area (Å²) in [5, 5.41) is 17.1. The third-order valence-electron chi connectivity index (χ3n) is 5.87. The molecule has 0 aliphatic heterocycles. The highest BCUT2D eigenvalue weighted by Gasteiger charge is 2.16. The number of nitriles is 1. The fourth-order valence-corrected chi connectivity index (χ4v) is 4.17. The summed E-state index contributed by atoms with van der Waals surface area (Å²) in [4.78, 5) is 21.4. The van der Waals surface area contributed by atoms with Crippen molar-refractivity contribution in [3.8, 4) is 17.6 Å². The highest BCUT2D eigenvalue weighted by Crippen LogP contribution is 2.37. The Bertz CT molecular complexity index is 1610. The van der Waals surface area contributed by atoms with Crippen LogP contribution in [-0.4, -0.2) is 54.7 Å². The van der Waals surface area contributed by atoms with Gasteiger partial charge in [0.15, 0.2) is 0 Å². The molecule has 1 amide bonds. The zero-order valence-corrected chi connectivity index (χ0v) is 24.2. The number of quaternary nitrogens is 1. The Morgan fingerprint density at radius 2 is 1.93 bits per heavy atom. The molecule has 2 aromatic heterocycles. The molecule has 210 valence electrons. The molecule has 0 saturated heterocycles. The molecule has 41 heavy (non-hydrogen) atoms. The lowest BCUT2D eigenvalue weighted by Gasteiger charge is -2.21. The average Bonchev–Trinajstić information content (AvgIpc) is 2.93. The van der Waals surface area contributed by atoms with E-state index in [4.69, 9.17) is 21.1 Å². The zero-order chi connectivity index (χ0) is 29.4. The standard InChI is InChI=1S/C31H31ClN6O3/c1-5-40-29-17-26-24(16-27(29)37-30(39)10-8-14-38(2,3)4)31(21(18-33)19-35-26)36-22-11-12-28(25(32)15-22)41-20-23-9-6-7-13-34-23/h6-13,15-17,19H,5,14,20H2,1-4H3,(H-,35,36,37,39)/p+1/b10-8+. The van der Waals surface area contributed by atoms with Crippen LogP contribution < -0.4 is 20.1 Å². The first-order valence-electron chi connectivity index (χ1n) is 13.0. The van der Waals surface area contributed by atoms with E-state index in [0.717, 1.165) is 5.69 Å². The fourth-order valence-electron chi connectivity index (χ4n) is 3.94. The van der Waals surface area contributed by atoms with E-state index in [1.54, 1.807) is 30.5 Å². The fraction of sp³-hybridized carbons (Fsp3) is 0.226. The number of anilines is 3. The normalized spacial score (nSPS) is 11.3. The van der Waals surface area contributed by atoms with Gasteiger partial charge < -0.3 is 24.6 Å². The Morgan fingerprint density at radius 3 is 2.61 bits per heavy atom. The minimum atomic E-state index is -0.286. The number of halogens is 1.